The van der Waals surface area contributed by atoms with Gasteiger partial charge in [-0.1, -0.05) is 28.1 Å². The van der Waals surface area contributed by atoms with E-state index in [0.717, 1.165) is 20.9 Å². The SMILES string of the molecule is Cc1ccc(OCC(=O)Nc2cc(Br)cc3cccnc23)cc1C. The minimum atomic E-state index is -0.224. The molecular formula is C19H17BrN2O2. The van der Waals surface area contributed by atoms with Crippen molar-refractivity contribution >= 4 is 38.4 Å². The predicted octanol–water partition coefficient (Wildman–Crippen LogP) is 4.63. The normalized spacial score (nSPS) is 10.6. The first-order valence-electron chi connectivity index (χ1n) is 7.57. The average molecular weight is 385 g/mol. The van der Waals surface area contributed by atoms with Gasteiger partial charge in [0.05, 0.1) is 11.2 Å². The van der Waals surface area contributed by atoms with Crippen molar-refractivity contribution in [1.29, 1.82) is 0 Å². The van der Waals surface area contributed by atoms with Gasteiger partial charge in [-0.2, -0.15) is 0 Å². The monoisotopic (exact) mass is 384 g/mol. The first-order chi connectivity index (χ1) is 11.5. The fourth-order valence-electron chi connectivity index (χ4n) is 2.39. The van der Waals surface area contributed by atoms with Gasteiger partial charge in [0.15, 0.2) is 6.61 Å². The fourth-order valence-corrected chi connectivity index (χ4v) is 2.87. The highest BCUT2D eigenvalue weighted by molar-refractivity contribution is 9.10. The van der Waals surface area contributed by atoms with E-state index in [-0.39, 0.29) is 12.5 Å². The number of nitrogens with zero attached hydrogens (tertiary/aromatic N) is 1. The molecule has 24 heavy (non-hydrogen) atoms. The van der Waals surface area contributed by atoms with Crippen molar-refractivity contribution in [1.82, 2.24) is 4.98 Å². The van der Waals surface area contributed by atoms with Crippen molar-refractivity contribution in [2.45, 2.75) is 13.8 Å². The molecule has 1 amide bonds. The molecule has 1 heterocycles. The summed E-state index contributed by atoms with van der Waals surface area (Å²) in [5.74, 6) is 0.462. The molecule has 4 nitrogen and oxygen atoms in total. The van der Waals surface area contributed by atoms with Gasteiger partial charge in [0.1, 0.15) is 5.75 Å². The van der Waals surface area contributed by atoms with Gasteiger partial charge < -0.3 is 10.1 Å². The Labute approximate surface area is 149 Å². The zero-order chi connectivity index (χ0) is 17.1. The number of amides is 1. The second kappa shape index (κ2) is 7.01. The van der Waals surface area contributed by atoms with Gasteiger partial charge in [0.25, 0.3) is 5.91 Å². The van der Waals surface area contributed by atoms with Crippen LogP contribution in [0.3, 0.4) is 0 Å². The highest BCUT2D eigenvalue weighted by Gasteiger charge is 2.09. The molecule has 3 aromatic rings. The van der Waals surface area contributed by atoms with Crippen LogP contribution in [0.5, 0.6) is 5.75 Å². The van der Waals surface area contributed by atoms with Crippen LogP contribution in [0.15, 0.2) is 53.1 Å². The summed E-state index contributed by atoms with van der Waals surface area (Å²) < 4.78 is 6.46. The number of benzene rings is 2. The second-order valence-corrected chi connectivity index (χ2v) is 6.53. The van der Waals surface area contributed by atoms with Gasteiger partial charge in [0, 0.05) is 16.1 Å². The molecule has 0 saturated carbocycles. The number of carbonyl (C=O) groups is 1. The van der Waals surface area contributed by atoms with Gasteiger partial charge in [-0.3, -0.25) is 9.78 Å². The number of halogens is 1. The van der Waals surface area contributed by atoms with Gasteiger partial charge in [0.2, 0.25) is 0 Å². The first kappa shape index (κ1) is 16.5. The van der Waals surface area contributed by atoms with Crippen molar-refractivity contribution in [2.24, 2.45) is 0 Å². The quantitative estimate of drug-likeness (QED) is 0.713. The molecule has 0 radical (unpaired) electrons. The van der Waals surface area contributed by atoms with Crippen LogP contribution in [0.2, 0.25) is 0 Å². The lowest BCUT2D eigenvalue weighted by atomic mass is 10.1. The smallest absolute Gasteiger partial charge is 0.262 e. The molecule has 5 heteroatoms. The Morgan fingerprint density at radius 3 is 2.79 bits per heavy atom. The van der Waals surface area contributed by atoms with Crippen LogP contribution in [0.4, 0.5) is 5.69 Å². The van der Waals surface area contributed by atoms with Gasteiger partial charge in [-0.05, 0) is 55.3 Å². The number of anilines is 1. The number of fused-ring (bicyclic) bond motifs is 1. The summed E-state index contributed by atoms with van der Waals surface area (Å²) in [6.07, 6.45) is 1.71. The lowest BCUT2D eigenvalue weighted by Crippen LogP contribution is -2.20. The van der Waals surface area contributed by atoms with Crippen molar-refractivity contribution < 1.29 is 9.53 Å². The first-order valence-corrected chi connectivity index (χ1v) is 8.36. The van der Waals surface area contributed by atoms with E-state index in [0.29, 0.717) is 11.4 Å². The number of pyridine rings is 1. The summed E-state index contributed by atoms with van der Waals surface area (Å²) in [6.45, 7) is 4.00. The highest BCUT2D eigenvalue weighted by atomic mass is 79.9. The average Bonchev–Trinajstić information content (AvgIpc) is 2.56. The van der Waals surface area contributed by atoms with Crippen molar-refractivity contribution in [3.63, 3.8) is 0 Å². The van der Waals surface area contributed by atoms with E-state index < -0.39 is 0 Å². The minimum Gasteiger partial charge on any atom is -0.484 e. The number of carbonyl (C=O) groups excluding carboxylic acids is 1. The lowest BCUT2D eigenvalue weighted by molar-refractivity contribution is -0.118. The molecule has 1 aromatic heterocycles. The van der Waals surface area contributed by atoms with E-state index in [2.05, 4.69) is 26.2 Å². The number of aryl methyl sites for hydroxylation is 2. The molecule has 0 aliphatic heterocycles. The molecule has 0 fully saturated rings. The molecule has 2 aromatic carbocycles. The summed E-state index contributed by atoms with van der Waals surface area (Å²) in [6, 6.07) is 13.4. The number of rotatable bonds is 4. The van der Waals surface area contributed by atoms with E-state index in [9.17, 15) is 4.79 Å². The molecule has 0 saturated heterocycles. The molecule has 122 valence electrons. The lowest BCUT2D eigenvalue weighted by Gasteiger charge is -2.11. The maximum absolute atomic E-state index is 12.2. The summed E-state index contributed by atoms with van der Waals surface area (Å²) in [5.41, 5.74) is 3.74. The molecule has 0 aliphatic rings. The second-order valence-electron chi connectivity index (χ2n) is 5.61. The third kappa shape index (κ3) is 3.74. The predicted molar refractivity (Wildman–Crippen MR) is 99.5 cm³/mol. The third-order valence-corrected chi connectivity index (χ3v) is 4.25. The Morgan fingerprint density at radius 1 is 1.17 bits per heavy atom. The molecular weight excluding hydrogens is 368 g/mol. The molecule has 0 bridgehead atoms. The molecule has 0 spiro atoms. The molecule has 0 unspecified atom stereocenters. The van der Waals surface area contributed by atoms with E-state index >= 15 is 0 Å². The summed E-state index contributed by atoms with van der Waals surface area (Å²) in [5, 5.41) is 3.82. The molecule has 1 N–H and O–H groups in total. The molecule has 0 aliphatic carbocycles. The molecule has 3 rings (SSSR count). The Kier molecular flexibility index (Phi) is 4.81. The highest BCUT2D eigenvalue weighted by Crippen LogP contribution is 2.26. The van der Waals surface area contributed by atoms with Gasteiger partial charge >= 0.3 is 0 Å². The van der Waals surface area contributed by atoms with Crippen LogP contribution < -0.4 is 10.1 Å². The van der Waals surface area contributed by atoms with Crippen LogP contribution in [-0.2, 0) is 4.79 Å². The van der Waals surface area contributed by atoms with E-state index in [1.165, 1.54) is 5.56 Å². The van der Waals surface area contributed by atoms with Crippen molar-refractivity contribution in [3.05, 3.63) is 64.3 Å². The Hall–Kier alpha value is -2.40. The minimum absolute atomic E-state index is 0.0522. The van der Waals surface area contributed by atoms with E-state index in [1.807, 2.05) is 56.3 Å². The zero-order valence-corrected chi connectivity index (χ0v) is 15.1. The summed E-state index contributed by atoms with van der Waals surface area (Å²) in [7, 11) is 0. The number of aromatic nitrogens is 1. The number of nitrogens with one attached hydrogen (secondary N) is 1. The van der Waals surface area contributed by atoms with Crippen LogP contribution in [-0.4, -0.2) is 17.5 Å². The van der Waals surface area contributed by atoms with E-state index in [1.54, 1.807) is 6.20 Å². The number of hydrogen-bond donors (Lipinski definition) is 1. The number of ether oxygens (including phenoxy) is 1. The topological polar surface area (TPSA) is 51.2 Å². The van der Waals surface area contributed by atoms with Gasteiger partial charge in [-0.15, -0.1) is 0 Å². The summed E-state index contributed by atoms with van der Waals surface area (Å²) in [4.78, 5) is 16.6. The van der Waals surface area contributed by atoms with Crippen LogP contribution in [0, 0.1) is 13.8 Å². The van der Waals surface area contributed by atoms with Crippen LogP contribution in [0.1, 0.15) is 11.1 Å². The van der Waals surface area contributed by atoms with Crippen LogP contribution in [0.25, 0.3) is 10.9 Å². The van der Waals surface area contributed by atoms with E-state index in [4.69, 9.17) is 4.74 Å². The molecule has 0 atom stereocenters. The Morgan fingerprint density at radius 2 is 2.00 bits per heavy atom. The third-order valence-electron chi connectivity index (χ3n) is 3.79. The standard InChI is InChI=1S/C19H17BrN2O2/c1-12-5-6-16(8-13(12)2)24-11-18(23)22-17-10-15(20)9-14-4-3-7-21-19(14)17/h3-10H,11H2,1-2H3,(H,22,23). The zero-order valence-electron chi connectivity index (χ0n) is 13.5. The van der Waals surface area contributed by atoms with Crippen molar-refractivity contribution in [3.8, 4) is 5.75 Å². The number of hydrogen-bond acceptors (Lipinski definition) is 3. The largest absolute Gasteiger partial charge is 0.484 e. The Balaban J connectivity index is 1.72. The van der Waals surface area contributed by atoms with Gasteiger partial charge in [-0.25, -0.2) is 0 Å². The maximum atomic E-state index is 12.2. The van der Waals surface area contributed by atoms with Crippen LogP contribution >= 0.6 is 15.9 Å². The maximum Gasteiger partial charge on any atom is 0.262 e. The fraction of sp³-hybridized carbons (Fsp3) is 0.158. The summed E-state index contributed by atoms with van der Waals surface area (Å²) >= 11 is 3.45. The Bertz CT molecular complexity index is 909. The van der Waals surface area contributed by atoms with Crippen molar-refractivity contribution in [2.75, 3.05) is 11.9 Å².